The van der Waals surface area contributed by atoms with Crippen LogP contribution >= 0.6 is 11.3 Å². The van der Waals surface area contributed by atoms with Gasteiger partial charge in [0.15, 0.2) is 0 Å². The number of thiophene rings is 1. The SMILES string of the molecule is O=C(C1CNNC1c1ccccc1)N1CCN(Cc2nc(-c3cccs3)no2)CC1. The number of hydrogen-bond acceptors (Lipinski definition) is 8. The summed E-state index contributed by atoms with van der Waals surface area (Å²) in [5.41, 5.74) is 7.56. The Morgan fingerprint density at radius 1 is 1.13 bits per heavy atom. The summed E-state index contributed by atoms with van der Waals surface area (Å²) in [5.74, 6) is 1.37. The second kappa shape index (κ2) is 8.65. The second-order valence-electron chi connectivity index (χ2n) is 7.61. The Bertz CT molecular complexity index is 969. The van der Waals surface area contributed by atoms with Crippen LogP contribution in [0.4, 0.5) is 0 Å². The van der Waals surface area contributed by atoms with Gasteiger partial charge in [0.05, 0.1) is 23.4 Å². The van der Waals surface area contributed by atoms with Crippen molar-refractivity contribution >= 4 is 17.2 Å². The molecule has 30 heavy (non-hydrogen) atoms. The number of piperazine rings is 1. The molecule has 156 valence electrons. The molecule has 8 nitrogen and oxygen atoms in total. The van der Waals surface area contributed by atoms with Gasteiger partial charge in [-0.1, -0.05) is 41.6 Å². The van der Waals surface area contributed by atoms with Crippen molar-refractivity contribution in [3.05, 3.63) is 59.3 Å². The lowest BCUT2D eigenvalue weighted by Crippen LogP contribution is -2.50. The fraction of sp³-hybridized carbons (Fsp3) is 0.381. The van der Waals surface area contributed by atoms with Gasteiger partial charge in [-0.05, 0) is 17.0 Å². The molecule has 2 unspecified atom stereocenters. The molecule has 2 aliphatic rings. The van der Waals surface area contributed by atoms with Gasteiger partial charge in [-0.25, -0.2) is 5.43 Å². The lowest BCUT2D eigenvalue weighted by atomic mass is 9.93. The van der Waals surface area contributed by atoms with Crippen molar-refractivity contribution in [2.75, 3.05) is 32.7 Å². The van der Waals surface area contributed by atoms with E-state index in [2.05, 4.69) is 38.0 Å². The Morgan fingerprint density at radius 3 is 2.73 bits per heavy atom. The van der Waals surface area contributed by atoms with E-state index in [1.54, 1.807) is 11.3 Å². The summed E-state index contributed by atoms with van der Waals surface area (Å²) in [5, 5.41) is 6.08. The van der Waals surface area contributed by atoms with Gasteiger partial charge in [-0.2, -0.15) is 4.98 Å². The molecule has 2 saturated heterocycles. The highest BCUT2D eigenvalue weighted by Crippen LogP contribution is 2.27. The van der Waals surface area contributed by atoms with Crippen LogP contribution < -0.4 is 10.9 Å². The summed E-state index contributed by atoms with van der Waals surface area (Å²) in [7, 11) is 0. The van der Waals surface area contributed by atoms with Gasteiger partial charge < -0.3 is 9.42 Å². The van der Waals surface area contributed by atoms with E-state index in [1.165, 1.54) is 0 Å². The second-order valence-corrected chi connectivity index (χ2v) is 8.56. The standard InChI is InChI=1S/C21H24N6O2S/c28-21(16-13-22-24-19(16)15-5-2-1-3-6-15)27-10-8-26(9-11-27)14-18-23-20(25-29-18)17-7-4-12-30-17/h1-7,12,16,19,22,24H,8-11,13-14H2. The number of benzene rings is 1. The highest BCUT2D eigenvalue weighted by atomic mass is 32.1. The highest BCUT2D eigenvalue weighted by molar-refractivity contribution is 7.13. The van der Waals surface area contributed by atoms with E-state index in [4.69, 9.17) is 4.52 Å². The quantitative estimate of drug-likeness (QED) is 0.647. The van der Waals surface area contributed by atoms with Crippen molar-refractivity contribution in [3.8, 4) is 10.7 Å². The summed E-state index contributed by atoms with van der Waals surface area (Å²) < 4.78 is 5.42. The lowest BCUT2D eigenvalue weighted by molar-refractivity contribution is -0.137. The van der Waals surface area contributed by atoms with E-state index in [-0.39, 0.29) is 17.9 Å². The molecule has 0 saturated carbocycles. The van der Waals surface area contributed by atoms with Crippen molar-refractivity contribution in [1.82, 2.24) is 30.8 Å². The maximum absolute atomic E-state index is 13.2. The van der Waals surface area contributed by atoms with E-state index in [9.17, 15) is 4.79 Å². The molecular formula is C21H24N6O2S. The zero-order valence-corrected chi connectivity index (χ0v) is 17.3. The van der Waals surface area contributed by atoms with Gasteiger partial charge in [0.25, 0.3) is 0 Å². The molecule has 0 bridgehead atoms. The third-order valence-corrected chi connectivity index (χ3v) is 6.58. The van der Waals surface area contributed by atoms with Crippen molar-refractivity contribution in [2.45, 2.75) is 12.6 Å². The van der Waals surface area contributed by atoms with Crippen molar-refractivity contribution in [3.63, 3.8) is 0 Å². The van der Waals surface area contributed by atoms with Crippen LogP contribution in [-0.2, 0) is 11.3 Å². The number of hydrazine groups is 1. The van der Waals surface area contributed by atoms with E-state index < -0.39 is 0 Å². The summed E-state index contributed by atoms with van der Waals surface area (Å²) in [6.45, 7) is 4.27. The summed E-state index contributed by atoms with van der Waals surface area (Å²) in [6, 6.07) is 14.1. The van der Waals surface area contributed by atoms with Gasteiger partial charge in [-0.15, -0.1) is 11.3 Å². The molecule has 2 fully saturated rings. The molecule has 1 aromatic carbocycles. The normalized spacial score (nSPS) is 22.5. The van der Waals surface area contributed by atoms with Crippen molar-refractivity contribution < 1.29 is 9.32 Å². The lowest BCUT2D eigenvalue weighted by Gasteiger charge is -2.36. The van der Waals surface area contributed by atoms with Crippen LogP contribution in [0.5, 0.6) is 0 Å². The fourth-order valence-electron chi connectivity index (χ4n) is 4.08. The molecule has 2 aromatic heterocycles. The molecule has 1 amide bonds. The predicted octanol–water partition coefficient (Wildman–Crippen LogP) is 1.91. The first-order valence-corrected chi connectivity index (χ1v) is 11.1. The minimum Gasteiger partial charge on any atom is -0.340 e. The van der Waals surface area contributed by atoms with Crippen LogP contribution in [0.25, 0.3) is 10.7 Å². The summed E-state index contributed by atoms with van der Waals surface area (Å²) in [6.07, 6.45) is 0. The zero-order valence-electron chi connectivity index (χ0n) is 16.5. The van der Waals surface area contributed by atoms with Crippen LogP contribution in [0.1, 0.15) is 17.5 Å². The third-order valence-electron chi connectivity index (χ3n) is 5.71. The Morgan fingerprint density at radius 2 is 1.97 bits per heavy atom. The van der Waals surface area contributed by atoms with Crippen LogP contribution in [0, 0.1) is 5.92 Å². The minimum absolute atomic E-state index is 0.00537. The average molecular weight is 425 g/mol. The topological polar surface area (TPSA) is 86.5 Å². The molecular weight excluding hydrogens is 400 g/mol. The number of rotatable bonds is 5. The largest absolute Gasteiger partial charge is 0.340 e. The number of nitrogens with one attached hydrogen (secondary N) is 2. The van der Waals surface area contributed by atoms with Crippen molar-refractivity contribution in [1.29, 1.82) is 0 Å². The van der Waals surface area contributed by atoms with Crippen LogP contribution in [0.3, 0.4) is 0 Å². The van der Waals surface area contributed by atoms with Crippen molar-refractivity contribution in [2.24, 2.45) is 5.92 Å². The molecule has 2 aliphatic heterocycles. The molecule has 4 heterocycles. The first kappa shape index (κ1) is 19.4. The van der Waals surface area contributed by atoms with Gasteiger partial charge in [0.2, 0.25) is 17.6 Å². The molecule has 5 rings (SSSR count). The molecule has 0 radical (unpaired) electrons. The molecule has 0 spiro atoms. The first-order chi connectivity index (χ1) is 14.8. The van der Waals surface area contributed by atoms with E-state index >= 15 is 0 Å². The molecule has 3 aromatic rings. The summed E-state index contributed by atoms with van der Waals surface area (Å²) >= 11 is 1.60. The van der Waals surface area contributed by atoms with Gasteiger partial charge in [0.1, 0.15) is 0 Å². The molecule has 0 aliphatic carbocycles. The van der Waals surface area contributed by atoms with Crippen LogP contribution in [0.15, 0.2) is 52.4 Å². The highest BCUT2D eigenvalue weighted by Gasteiger charge is 2.37. The van der Waals surface area contributed by atoms with Gasteiger partial charge in [-0.3, -0.25) is 15.1 Å². The predicted molar refractivity (Wildman–Crippen MR) is 113 cm³/mol. The smallest absolute Gasteiger partial charge is 0.241 e. The maximum Gasteiger partial charge on any atom is 0.241 e. The number of amides is 1. The number of carbonyl (C=O) groups is 1. The monoisotopic (exact) mass is 424 g/mol. The molecule has 9 heteroatoms. The van der Waals surface area contributed by atoms with Gasteiger partial charge in [0, 0.05) is 32.7 Å². The number of hydrogen-bond donors (Lipinski definition) is 2. The Kier molecular flexibility index (Phi) is 5.58. The van der Waals surface area contributed by atoms with Crippen LogP contribution in [0.2, 0.25) is 0 Å². The number of aromatic nitrogens is 2. The first-order valence-electron chi connectivity index (χ1n) is 10.2. The van der Waals surface area contributed by atoms with Crippen LogP contribution in [-0.4, -0.2) is 58.6 Å². The fourth-order valence-corrected chi connectivity index (χ4v) is 4.73. The maximum atomic E-state index is 13.2. The zero-order chi connectivity index (χ0) is 20.3. The third kappa shape index (κ3) is 4.01. The number of nitrogens with zero attached hydrogens (tertiary/aromatic N) is 4. The summed E-state index contributed by atoms with van der Waals surface area (Å²) in [4.78, 5) is 22.9. The van der Waals surface area contributed by atoms with E-state index in [0.29, 0.717) is 37.9 Å². The molecule has 2 N–H and O–H groups in total. The molecule has 2 atom stereocenters. The van der Waals surface area contributed by atoms with E-state index in [0.717, 1.165) is 23.5 Å². The Labute approximate surface area is 178 Å². The minimum atomic E-state index is -0.0942. The Hall–Kier alpha value is -2.59. The average Bonchev–Trinajstić information content (AvgIpc) is 3.55. The number of carbonyl (C=O) groups excluding carboxylic acids is 1. The van der Waals surface area contributed by atoms with E-state index in [1.807, 2.05) is 40.6 Å². The Balaban J connectivity index is 1.16. The van der Waals surface area contributed by atoms with Gasteiger partial charge >= 0.3 is 0 Å².